The number of rotatable bonds is 6. The second kappa shape index (κ2) is 8.75. The summed E-state index contributed by atoms with van der Waals surface area (Å²) in [5.41, 5.74) is 3.47. The van der Waals surface area contributed by atoms with Crippen molar-refractivity contribution >= 4 is 33.8 Å². The largest absolute Gasteiger partial charge is 0.495 e. The Balaban J connectivity index is 1.45. The van der Waals surface area contributed by atoms with Crippen molar-refractivity contribution in [3.8, 4) is 17.0 Å². The fraction of sp³-hybridized carbons (Fsp3) is 0.0435. The van der Waals surface area contributed by atoms with Crippen molar-refractivity contribution in [1.29, 1.82) is 0 Å². The molecule has 4 rings (SSSR count). The van der Waals surface area contributed by atoms with Gasteiger partial charge in [-0.05, 0) is 42.5 Å². The zero-order valence-electron chi connectivity index (χ0n) is 16.1. The van der Waals surface area contributed by atoms with E-state index < -0.39 is 5.82 Å². The van der Waals surface area contributed by atoms with E-state index in [1.807, 2.05) is 41.8 Å². The van der Waals surface area contributed by atoms with Gasteiger partial charge in [0.25, 0.3) is 5.91 Å². The summed E-state index contributed by atoms with van der Waals surface area (Å²) in [5, 5.41) is 8.74. The number of methoxy groups -OCH3 is 1. The summed E-state index contributed by atoms with van der Waals surface area (Å²) < 4.78 is 18.6. The van der Waals surface area contributed by atoms with Gasteiger partial charge in [-0.1, -0.05) is 30.3 Å². The third-order valence-electron chi connectivity index (χ3n) is 4.38. The zero-order valence-corrected chi connectivity index (χ0v) is 16.9. The molecule has 0 saturated heterocycles. The van der Waals surface area contributed by atoms with Crippen LogP contribution in [0.5, 0.6) is 5.75 Å². The minimum atomic E-state index is -0.445. The van der Waals surface area contributed by atoms with Gasteiger partial charge in [-0.15, -0.1) is 11.3 Å². The number of ether oxygens (including phenoxy) is 1. The van der Waals surface area contributed by atoms with Crippen LogP contribution in [0.1, 0.15) is 10.4 Å². The Kier molecular flexibility index (Phi) is 5.72. The smallest absolute Gasteiger partial charge is 0.255 e. The summed E-state index contributed by atoms with van der Waals surface area (Å²) in [6, 6.07) is 20.6. The van der Waals surface area contributed by atoms with Crippen LogP contribution in [0.4, 0.5) is 20.9 Å². The number of nitrogens with one attached hydrogen (secondary N) is 2. The van der Waals surface area contributed by atoms with Crippen molar-refractivity contribution in [2.75, 3.05) is 17.7 Å². The Morgan fingerprint density at radius 3 is 2.60 bits per heavy atom. The van der Waals surface area contributed by atoms with Crippen molar-refractivity contribution in [3.05, 3.63) is 89.6 Å². The summed E-state index contributed by atoms with van der Waals surface area (Å²) in [7, 11) is 1.63. The average Bonchev–Trinajstić information content (AvgIpc) is 3.23. The summed E-state index contributed by atoms with van der Waals surface area (Å²) in [6.07, 6.45) is 0. The van der Waals surface area contributed by atoms with E-state index in [4.69, 9.17) is 4.74 Å². The molecule has 0 aliphatic heterocycles. The van der Waals surface area contributed by atoms with Gasteiger partial charge in [-0.3, -0.25) is 4.79 Å². The molecule has 0 fully saturated rings. The Morgan fingerprint density at radius 2 is 1.83 bits per heavy atom. The molecule has 5 nitrogen and oxygen atoms in total. The highest BCUT2D eigenvalue weighted by molar-refractivity contribution is 7.14. The number of halogens is 1. The molecule has 0 saturated carbocycles. The van der Waals surface area contributed by atoms with Gasteiger partial charge in [0.1, 0.15) is 11.6 Å². The lowest BCUT2D eigenvalue weighted by atomic mass is 10.1. The van der Waals surface area contributed by atoms with Gasteiger partial charge in [-0.25, -0.2) is 9.37 Å². The van der Waals surface area contributed by atoms with Crippen molar-refractivity contribution in [2.24, 2.45) is 0 Å². The van der Waals surface area contributed by atoms with Gasteiger partial charge in [0.2, 0.25) is 0 Å². The third kappa shape index (κ3) is 4.47. The van der Waals surface area contributed by atoms with E-state index in [0.717, 1.165) is 27.8 Å². The first-order chi connectivity index (χ1) is 14.6. The number of amides is 1. The standard InChI is InChI=1S/C23H18FN3O2S/c1-29-21-8-3-2-7-19(21)26-23-27-20(14-30-23)15-9-11-18(12-10-15)25-22(28)16-5-4-6-17(24)13-16/h2-14H,1H3,(H,25,28)(H,26,27). The topological polar surface area (TPSA) is 63.2 Å². The van der Waals surface area contributed by atoms with Crippen LogP contribution in [0, 0.1) is 5.82 Å². The molecule has 0 aliphatic rings. The molecule has 1 aromatic heterocycles. The number of aromatic nitrogens is 1. The first-order valence-corrected chi connectivity index (χ1v) is 10.0. The Labute approximate surface area is 177 Å². The lowest BCUT2D eigenvalue weighted by Crippen LogP contribution is -2.11. The minimum absolute atomic E-state index is 0.269. The average molecular weight is 419 g/mol. The number of carbonyl (C=O) groups is 1. The molecule has 0 spiro atoms. The minimum Gasteiger partial charge on any atom is -0.495 e. The molecule has 2 N–H and O–H groups in total. The maximum Gasteiger partial charge on any atom is 0.255 e. The lowest BCUT2D eigenvalue weighted by molar-refractivity contribution is 0.102. The number of thiazole rings is 1. The molecule has 7 heteroatoms. The molecular formula is C23H18FN3O2S. The van der Waals surface area contributed by atoms with Gasteiger partial charge in [0.15, 0.2) is 5.13 Å². The number of hydrogen-bond donors (Lipinski definition) is 2. The van der Waals surface area contributed by atoms with Gasteiger partial charge < -0.3 is 15.4 Å². The second-order valence-corrected chi connectivity index (χ2v) is 7.26. The van der Waals surface area contributed by atoms with Crippen LogP contribution >= 0.6 is 11.3 Å². The monoisotopic (exact) mass is 419 g/mol. The van der Waals surface area contributed by atoms with Crippen LogP contribution in [0.25, 0.3) is 11.3 Å². The molecular weight excluding hydrogens is 401 g/mol. The number of carbonyl (C=O) groups excluding carboxylic acids is 1. The SMILES string of the molecule is COc1ccccc1Nc1nc(-c2ccc(NC(=O)c3cccc(F)c3)cc2)cs1. The van der Waals surface area contributed by atoms with Gasteiger partial charge in [0, 0.05) is 22.2 Å². The Bertz CT molecular complexity index is 1180. The molecule has 1 heterocycles. The van der Waals surface area contributed by atoms with E-state index in [0.29, 0.717) is 5.69 Å². The zero-order chi connectivity index (χ0) is 20.9. The highest BCUT2D eigenvalue weighted by Gasteiger charge is 2.09. The normalized spacial score (nSPS) is 10.5. The molecule has 0 atom stereocenters. The number of para-hydroxylation sites is 2. The molecule has 30 heavy (non-hydrogen) atoms. The van der Waals surface area contributed by atoms with Gasteiger partial charge >= 0.3 is 0 Å². The third-order valence-corrected chi connectivity index (χ3v) is 5.14. The number of hydrogen-bond acceptors (Lipinski definition) is 5. The summed E-state index contributed by atoms with van der Waals surface area (Å²) in [6.45, 7) is 0. The summed E-state index contributed by atoms with van der Waals surface area (Å²) in [4.78, 5) is 16.9. The maximum atomic E-state index is 13.3. The van der Waals surface area contributed by atoms with Crippen LogP contribution in [-0.4, -0.2) is 18.0 Å². The van der Waals surface area contributed by atoms with Crippen LogP contribution < -0.4 is 15.4 Å². The first kappa shape index (κ1) is 19.6. The van der Waals surface area contributed by atoms with E-state index in [1.165, 1.54) is 29.5 Å². The van der Waals surface area contributed by atoms with Crippen LogP contribution in [0.15, 0.2) is 78.2 Å². The lowest BCUT2D eigenvalue weighted by Gasteiger charge is -2.08. The predicted molar refractivity (Wildman–Crippen MR) is 118 cm³/mol. The van der Waals surface area contributed by atoms with E-state index in [2.05, 4.69) is 15.6 Å². The highest BCUT2D eigenvalue weighted by atomic mass is 32.1. The van der Waals surface area contributed by atoms with Crippen LogP contribution in [0.2, 0.25) is 0 Å². The van der Waals surface area contributed by atoms with Crippen molar-refractivity contribution in [1.82, 2.24) is 4.98 Å². The quantitative estimate of drug-likeness (QED) is 0.405. The summed E-state index contributed by atoms with van der Waals surface area (Å²) >= 11 is 1.49. The molecule has 1 amide bonds. The molecule has 3 aromatic carbocycles. The highest BCUT2D eigenvalue weighted by Crippen LogP contribution is 2.31. The predicted octanol–water partition coefficient (Wildman–Crippen LogP) is 5.95. The van der Waals surface area contributed by atoms with Crippen molar-refractivity contribution in [3.63, 3.8) is 0 Å². The molecule has 0 unspecified atom stereocenters. The molecule has 0 aliphatic carbocycles. The first-order valence-electron chi connectivity index (χ1n) is 9.15. The van der Waals surface area contributed by atoms with Crippen molar-refractivity contribution in [2.45, 2.75) is 0 Å². The molecule has 0 radical (unpaired) electrons. The van der Waals surface area contributed by atoms with E-state index in [1.54, 1.807) is 25.3 Å². The number of anilines is 3. The second-order valence-electron chi connectivity index (χ2n) is 6.41. The molecule has 4 aromatic rings. The van der Waals surface area contributed by atoms with Crippen molar-refractivity contribution < 1.29 is 13.9 Å². The van der Waals surface area contributed by atoms with Gasteiger partial charge in [-0.2, -0.15) is 0 Å². The summed E-state index contributed by atoms with van der Waals surface area (Å²) in [5.74, 6) is -0.0640. The van der Waals surface area contributed by atoms with E-state index in [-0.39, 0.29) is 11.5 Å². The number of nitrogens with zero attached hydrogens (tertiary/aromatic N) is 1. The Hall–Kier alpha value is -3.71. The Morgan fingerprint density at radius 1 is 1.03 bits per heavy atom. The van der Waals surface area contributed by atoms with Crippen LogP contribution in [0.3, 0.4) is 0 Å². The molecule has 0 bridgehead atoms. The fourth-order valence-corrected chi connectivity index (χ4v) is 3.62. The maximum absolute atomic E-state index is 13.3. The number of benzene rings is 3. The van der Waals surface area contributed by atoms with E-state index >= 15 is 0 Å². The van der Waals surface area contributed by atoms with E-state index in [9.17, 15) is 9.18 Å². The van der Waals surface area contributed by atoms with Gasteiger partial charge in [0.05, 0.1) is 18.5 Å². The van der Waals surface area contributed by atoms with Crippen LogP contribution in [-0.2, 0) is 0 Å². The molecule has 150 valence electrons. The fourth-order valence-electron chi connectivity index (χ4n) is 2.88.